The molecule has 2 atom stereocenters. The summed E-state index contributed by atoms with van der Waals surface area (Å²) in [4.78, 5) is 13.7. The summed E-state index contributed by atoms with van der Waals surface area (Å²) in [6.45, 7) is 8.20. The molecule has 2 aromatic rings. The zero-order valence-electron chi connectivity index (χ0n) is 11.6. The second-order valence-electron chi connectivity index (χ2n) is 5.14. The van der Waals surface area contributed by atoms with Crippen molar-refractivity contribution in [3.8, 4) is 0 Å². The SMILES string of the molecule is CCc1cc2c(N3CC(C)OC(C)C3)ncnc2s1. The van der Waals surface area contributed by atoms with Gasteiger partial charge in [-0.05, 0) is 26.3 Å². The van der Waals surface area contributed by atoms with Crippen LogP contribution in [0.5, 0.6) is 0 Å². The summed E-state index contributed by atoms with van der Waals surface area (Å²) in [7, 11) is 0. The number of thiophene rings is 1. The van der Waals surface area contributed by atoms with Gasteiger partial charge < -0.3 is 9.64 Å². The summed E-state index contributed by atoms with van der Waals surface area (Å²) in [5.74, 6) is 1.06. The van der Waals surface area contributed by atoms with E-state index in [1.54, 1.807) is 17.7 Å². The molecule has 0 spiro atoms. The fourth-order valence-electron chi connectivity index (χ4n) is 2.67. The van der Waals surface area contributed by atoms with Gasteiger partial charge in [0.15, 0.2) is 0 Å². The Bertz CT molecular complexity index is 573. The highest BCUT2D eigenvalue weighted by Crippen LogP contribution is 2.31. The standard InChI is InChI=1S/C14H19N3OS/c1-4-11-5-12-13(15-8-16-14(12)19-11)17-6-9(2)18-10(3)7-17/h5,8-10H,4,6-7H2,1-3H3. The van der Waals surface area contributed by atoms with Crippen LogP contribution in [-0.4, -0.2) is 35.3 Å². The van der Waals surface area contributed by atoms with Crippen LogP contribution in [-0.2, 0) is 11.2 Å². The molecule has 4 nitrogen and oxygen atoms in total. The molecule has 1 fully saturated rings. The second-order valence-corrected chi connectivity index (χ2v) is 6.26. The van der Waals surface area contributed by atoms with Crippen LogP contribution in [0.25, 0.3) is 10.2 Å². The number of ether oxygens (including phenoxy) is 1. The van der Waals surface area contributed by atoms with Gasteiger partial charge in [0.25, 0.3) is 0 Å². The number of morpholine rings is 1. The number of nitrogens with zero attached hydrogens (tertiary/aromatic N) is 3. The van der Waals surface area contributed by atoms with Crippen molar-refractivity contribution in [1.29, 1.82) is 0 Å². The molecule has 3 rings (SSSR count). The highest BCUT2D eigenvalue weighted by atomic mass is 32.1. The molecule has 5 heteroatoms. The van der Waals surface area contributed by atoms with Gasteiger partial charge in [0.05, 0.1) is 17.6 Å². The van der Waals surface area contributed by atoms with Crippen molar-refractivity contribution in [2.24, 2.45) is 0 Å². The number of aryl methyl sites for hydroxylation is 1. The van der Waals surface area contributed by atoms with Crippen LogP contribution in [0.15, 0.2) is 12.4 Å². The van der Waals surface area contributed by atoms with Crippen LogP contribution < -0.4 is 4.90 Å². The molecule has 1 saturated heterocycles. The first kappa shape index (κ1) is 12.8. The predicted molar refractivity (Wildman–Crippen MR) is 79.0 cm³/mol. The maximum Gasteiger partial charge on any atom is 0.140 e. The lowest BCUT2D eigenvalue weighted by atomic mass is 10.2. The van der Waals surface area contributed by atoms with Crippen LogP contribution >= 0.6 is 11.3 Å². The largest absolute Gasteiger partial charge is 0.372 e. The van der Waals surface area contributed by atoms with Crippen molar-refractivity contribution in [3.63, 3.8) is 0 Å². The predicted octanol–water partition coefficient (Wildman–Crippen LogP) is 2.87. The molecule has 2 unspecified atom stereocenters. The van der Waals surface area contributed by atoms with Gasteiger partial charge in [0.1, 0.15) is 17.0 Å². The number of anilines is 1. The Morgan fingerprint density at radius 2 is 2.05 bits per heavy atom. The Balaban J connectivity index is 2.01. The van der Waals surface area contributed by atoms with Crippen LogP contribution in [0.3, 0.4) is 0 Å². The average Bonchev–Trinajstić information content (AvgIpc) is 2.80. The van der Waals surface area contributed by atoms with E-state index in [1.165, 1.54) is 10.3 Å². The van der Waals surface area contributed by atoms with Crippen LogP contribution in [0, 0.1) is 0 Å². The van der Waals surface area contributed by atoms with E-state index in [0.717, 1.165) is 30.2 Å². The van der Waals surface area contributed by atoms with Gasteiger partial charge in [-0.1, -0.05) is 6.92 Å². The molecule has 1 aliphatic rings. The summed E-state index contributed by atoms with van der Waals surface area (Å²) in [6, 6.07) is 2.24. The maximum absolute atomic E-state index is 5.79. The van der Waals surface area contributed by atoms with Gasteiger partial charge in [0, 0.05) is 18.0 Å². The van der Waals surface area contributed by atoms with Gasteiger partial charge in [-0.3, -0.25) is 0 Å². The van der Waals surface area contributed by atoms with Gasteiger partial charge >= 0.3 is 0 Å². The van der Waals surface area contributed by atoms with Crippen molar-refractivity contribution < 1.29 is 4.74 Å². The molecule has 0 amide bonds. The van der Waals surface area contributed by atoms with E-state index >= 15 is 0 Å². The molecule has 0 bridgehead atoms. The molecule has 0 saturated carbocycles. The molecule has 3 heterocycles. The van der Waals surface area contributed by atoms with E-state index in [2.05, 4.69) is 41.7 Å². The zero-order valence-corrected chi connectivity index (χ0v) is 12.4. The number of hydrogen-bond donors (Lipinski definition) is 0. The van der Waals surface area contributed by atoms with Crippen molar-refractivity contribution in [1.82, 2.24) is 9.97 Å². The lowest BCUT2D eigenvalue weighted by Crippen LogP contribution is -2.45. The van der Waals surface area contributed by atoms with E-state index < -0.39 is 0 Å². The maximum atomic E-state index is 5.79. The van der Waals surface area contributed by atoms with E-state index in [4.69, 9.17) is 4.74 Å². The summed E-state index contributed by atoms with van der Waals surface area (Å²) in [5, 5.41) is 1.19. The van der Waals surface area contributed by atoms with Gasteiger partial charge in [-0.25, -0.2) is 9.97 Å². The van der Waals surface area contributed by atoms with Crippen molar-refractivity contribution >= 4 is 27.4 Å². The van der Waals surface area contributed by atoms with Gasteiger partial charge in [-0.2, -0.15) is 0 Å². The van der Waals surface area contributed by atoms with Crippen molar-refractivity contribution in [2.75, 3.05) is 18.0 Å². The van der Waals surface area contributed by atoms with E-state index in [1.807, 2.05) is 0 Å². The molecular formula is C14H19N3OS. The molecular weight excluding hydrogens is 258 g/mol. The summed E-state index contributed by atoms with van der Waals surface area (Å²) in [5.41, 5.74) is 0. The third-order valence-electron chi connectivity index (χ3n) is 3.43. The highest BCUT2D eigenvalue weighted by molar-refractivity contribution is 7.18. The van der Waals surface area contributed by atoms with Crippen molar-refractivity contribution in [2.45, 2.75) is 39.4 Å². The molecule has 0 N–H and O–H groups in total. The lowest BCUT2D eigenvalue weighted by molar-refractivity contribution is -0.00537. The number of hydrogen-bond acceptors (Lipinski definition) is 5. The highest BCUT2D eigenvalue weighted by Gasteiger charge is 2.24. The first-order chi connectivity index (χ1) is 9.17. The summed E-state index contributed by atoms with van der Waals surface area (Å²) < 4.78 is 5.79. The summed E-state index contributed by atoms with van der Waals surface area (Å²) >= 11 is 1.77. The fourth-order valence-corrected chi connectivity index (χ4v) is 3.60. The minimum absolute atomic E-state index is 0.248. The quantitative estimate of drug-likeness (QED) is 0.846. The smallest absolute Gasteiger partial charge is 0.140 e. The Morgan fingerprint density at radius 3 is 2.74 bits per heavy atom. The Kier molecular flexibility index (Phi) is 3.41. The molecule has 0 aromatic carbocycles. The minimum atomic E-state index is 0.248. The van der Waals surface area contributed by atoms with Gasteiger partial charge in [-0.15, -0.1) is 11.3 Å². The Labute approximate surface area is 117 Å². The Morgan fingerprint density at radius 1 is 1.32 bits per heavy atom. The third kappa shape index (κ3) is 2.44. The van der Waals surface area contributed by atoms with Crippen LogP contribution in [0.1, 0.15) is 25.6 Å². The number of fused-ring (bicyclic) bond motifs is 1. The monoisotopic (exact) mass is 277 g/mol. The molecule has 0 radical (unpaired) electrons. The Hall–Kier alpha value is -1.20. The summed E-state index contributed by atoms with van der Waals surface area (Å²) in [6.07, 6.45) is 3.23. The number of rotatable bonds is 2. The second kappa shape index (κ2) is 5.06. The molecule has 19 heavy (non-hydrogen) atoms. The van der Waals surface area contributed by atoms with E-state index in [-0.39, 0.29) is 12.2 Å². The zero-order chi connectivity index (χ0) is 13.4. The topological polar surface area (TPSA) is 38.2 Å². The first-order valence-electron chi connectivity index (χ1n) is 6.81. The van der Waals surface area contributed by atoms with Crippen LogP contribution in [0.2, 0.25) is 0 Å². The van der Waals surface area contributed by atoms with Gasteiger partial charge in [0.2, 0.25) is 0 Å². The molecule has 2 aromatic heterocycles. The van der Waals surface area contributed by atoms with E-state index in [9.17, 15) is 0 Å². The molecule has 102 valence electrons. The normalized spacial score (nSPS) is 24.1. The third-order valence-corrected chi connectivity index (χ3v) is 4.61. The van der Waals surface area contributed by atoms with Crippen molar-refractivity contribution in [3.05, 3.63) is 17.3 Å². The average molecular weight is 277 g/mol. The number of aromatic nitrogens is 2. The first-order valence-corrected chi connectivity index (χ1v) is 7.63. The fraction of sp³-hybridized carbons (Fsp3) is 0.571. The minimum Gasteiger partial charge on any atom is -0.372 e. The van der Waals surface area contributed by atoms with E-state index in [0.29, 0.717) is 0 Å². The van der Waals surface area contributed by atoms with Crippen LogP contribution in [0.4, 0.5) is 5.82 Å². The lowest BCUT2D eigenvalue weighted by Gasteiger charge is -2.36. The molecule has 1 aliphatic heterocycles. The molecule has 0 aliphatic carbocycles.